The number of benzene rings is 1. The Bertz CT molecular complexity index is 707. The van der Waals surface area contributed by atoms with Crippen molar-refractivity contribution in [2.45, 2.75) is 25.8 Å². The van der Waals surface area contributed by atoms with Crippen LogP contribution < -0.4 is 10.3 Å². The largest absolute Gasteiger partial charge is 0.338 e. The number of hydrogen-bond acceptors (Lipinski definition) is 6. The van der Waals surface area contributed by atoms with Gasteiger partial charge in [-0.1, -0.05) is 28.8 Å². The number of carbonyl (C=O) groups excluding carboxylic acids is 1. The van der Waals surface area contributed by atoms with E-state index in [2.05, 4.69) is 30.8 Å². The van der Waals surface area contributed by atoms with E-state index in [-0.39, 0.29) is 12.5 Å². The highest BCUT2D eigenvalue weighted by Crippen LogP contribution is 2.13. The van der Waals surface area contributed by atoms with Gasteiger partial charge >= 0.3 is 0 Å². The minimum absolute atomic E-state index is 0.0290. The summed E-state index contributed by atoms with van der Waals surface area (Å²) in [5.41, 5.74) is 3.28. The molecule has 3 rings (SSSR count). The molecule has 1 fully saturated rings. The lowest BCUT2D eigenvalue weighted by atomic mass is 10.1. The number of halogens is 1. The summed E-state index contributed by atoms with van der Waals surface area (Å²) in [6, 6.07) is 7.13. The molecule has 0 atom stereocenters. The smallest absolute Gasteiger partial charge is 0.266 e. The van der Waals surface area contributed by atoms with Crippen LogP contribution in [0.4, 0.5) is 5.95 Å². The van der Waals surface area contributed by atoms with Crippen molar-refractivity contribution in [1.82, 2.24) is 25.6 Å². The molecule has 0 spiro atoms. The van der Waals surface area contributed by atoms with E-state index in [9.17, 15) is 4.79 Å². The second kappa shape index (κ2) is 7.87. The maximum Gasteiger partial charge on any atom is 0.266 e. The molecule has 126 valence electrons. The van der Waals surface area contributed by atoms with Crippen LogP contribution in [0.15, 0.2) is 29.4 Å². The first-order chi connectivity index (χ1) is 11.7. The predicted octanol–water partition coefficient (Wildman–Crippen LogP) is 1.47. The molecular formula is C15H18ClN7O. The molecule has 1 aromatic heterocycles. The Labute approximate surface area is 144 Å². The van der Waals surface area contributed by atoms with Gasteiger partial charge in [-0.2, -0.15) is 9.90 Å². The molecule has 1 amide bonds. The van der Waals surface area contributed by atoms with Crippen LogP contribution in [0.3, 0.4) is 0 Å². The standard InChI is InChI=1S/C15H18ClN7O/c16-13-6-4-12(5-7-13)10-17-18-14(24)11-23-20-15(19-21-23)22-8-2-1-3-9-22/h4-7,10H,1-3,8-9,11H2,(H,18,24). The molecule has 2 aromatic rings. The zero-order valence-electron chi connectivity index (χ0n) is 13.1. The molecule has 2 heterocycles. The van der Waals surface area contributed by atoms with E-state index in [1.54, 1.807) is 18.3 Å². The van der Waals surface area contributed by atoms with Crippen molar-refractivity contribution in [3.8, 4) is 0 Å². The van der Waals surface area contributed by atoms with Gasteiger partial charge in [-0.3, -0.25) is 4.79 Å². The summed E-state index contributed by atoms with van der Waals surface area (Å²) in [5.74, 6) is 0.259. The van der Waals surface area contributed by atoms with Gasteiger partial charge in [0.2, 0.25) is 0 Å². The van der Waals surface area contributed by atoms with E-state index in [0.717, 1.165) is 31.5 Å². The van der Waals surface area contributed by atoms with Crippen LogP contribution in [-0.4, -0.2) is 45.4 Å². The van der Waals surface area contributed by atoms with Crippen LogP contribution in [0.1, 0.15) is 24.8 Å². The second-order valence-corrected chi connectivity index (χ2v) is 5.95. The molecule has 0 saturated carbocycles. The van der Waals surface area contributed by atoms with Gasteiger partial charge in [0, 0.05) is 18.1 Å². The Morgan fingerprint density at radius 3 is 2.75 bits per heavy atom. The van der Waals surface area contributed by atoms with Gasteiger partial charge in [-0.15, -0.1) is 5.10 Å². The zero-order chi connectivity index (χ0) is 16.8. The van der Waals surface area contributed by atoms with Gasteiger partial charge < -0.3 is 4.90 Å². The van der Waals surface area contributed by atoms with E-state index in [1.807, 2.05) is 12.1 Å². The van der Waals surface area contributed by atoms with Crippen molar-refractivity contribution < 1.29 is 4.79 Å². The average molecular weight is 348 g/mol. The second-order valence-electron chi connectivity index (χ2n) is 5.51. The maximum atomic E-state index is 11.9. The van der Waals surface area contributed by atoms with Crippen molar-refractivity contribution >= 4 is 29.7 Å². The van der Waals surface area contributed by atoms with E-state index in [4.69, 9.17) is 11.6 Å². The van der Waals surface area contributed by atoms with Gasteiger partial charge in [0.1, 0.15) is 6.54 Å². The van der Waals surface area contributed by atoms with Crippen molar-refractivity contribution in [2.75, 3.05) is 18.0 Å². The number of hydrogen-bond donors (Lipinski definition) is 1. The molecule has 1 aliphatic heterocycles. The summed E-state index contributed by atoms with van der Waals surface area (Å²) >= 11 is 5.80. The Hall–Kier alpha value is -2.48. The molecule has 1 aliphatic rings. The number of rotatable bonds is 5. The van der Waals surface area contributed by atoms with Crippen molar-refractivity contribution in [3.05, 3.63) is 34.9 Å². The SMILES string of the molecule is O=C(Cn1nnc(N2CCCCC2)n1)NN=Cc1ccc(Cl)cc1. The number of tetrazole rings is 1. The fourth-order valence-corrected chi connectivity index (χ4v) is 2.54. The minimum Gasteiger partial charge on any atom is -0.338 e. The van der Waals surface area contributed by atoms with Crippen LogP contribution in [0.25, 0.3) is 0 Å². The molecule has 0 aliphatic carbocycles. The molecule has 9 heteroatoms. The number of carbonyl (C=O) groups is 1. The summed E-state index contributed by atoms with van der Waals surface area (Å²) in [7, 11) is 0. The molecule has 0 bridgehead atoms. The fraction of sp³-hybridized carbons (Fsp3) is 0.400. The van der Waals surface area contributed by atoms with Gasteiger partial charge in [0.05, 0.1) is 6.21 Å². The number of nitrogens with zero attached hydrogens (tertiary/aromatic N) is 6. The number of amides is 1. The highest BCUT2D eigenvalue weighted by atomic mass is 35.5. The number of piperidine rings is 1. The summed E-state index contributed by atoms with van der Waals surface area (Å²) in [4.78, 5) is 15.2. The van der Waals surface area contributed by atoms with E-state index >= 15 is 0 Å². The lowest BCUT2D eigenvalue weighted by Gasteiger charge is -2.24. The highest BCUT2D eigenvalue weighted by Gasteiger charge is 2.16. The third-order valence-electron chi connectivity index (χ3n) is 3.64. The van der Waals surface area contributed by atoms with Crippen molar-refractivity contribution in [2.24, 2.45) is 5.10 Å². The normalized spacial score (nSPS) is 15.0. The lowest BCUT2D eigenvalue weighted by Crippen LogP contribution is -2.30. The van der Waals surface area contributed by atoms with Crippen LogP contribution in [0.5, 0.6) is 0 Å². The molecule has 1 aromatic carbocycles. The summed E-state index contributed by atoms with van der Waals surface area (Å²) < 4.78 is 0. The quantitative estimate of drug-likeness (QED) is 0.653. The average Bonchev–Trinajstić information content (AvgIpc) is 3.06. The van der Waals surface area contributed by atoms with Gasteiger partial charge in [0.25, 0.3) is 11.9 Å². The number of aromatic nitrogens is 4. The molecular weight excluding hydrogens is 330 g/mol. The van der Waals surface area contributed by atoms with Gasteiger partial charge in [-0.25, -0.2) is 5.43 Å². The number of nitrogens with one attached hydrogen (secondary N) is 1. The summed E-state index contributed by atoms with van der Waals surface area (Å²) in [5, 5.41) is 16.7. The van der Waals surface area contributed by atoms with E-state index in [0.29, 0.717) is 11.0 Å². The van der Waals surface area contributed by atoms with Crippen LogP contribution >= 0.6 is 11.6 Å². The van der Waals surface area contributed by atoms with E-state index in [1.165, 1.54) is 11.2 Å². The van der Waals surface area contributed by atoms with Crippen LogP contribution in [-0.2, 0) is 11.3 Å². The summed E-state index contributed by atoms with van der Waals surface area (Å²) in [6.45, 7) is 1.84. The van der Waals surface area contributed by atoms with Crippen molar-refractivity contribution in [1.29, 1.82) is 0 Å². The minimum atomic E-state index is -0.317. The third-order valence-corrected chi connectivity index (χ3v) is 3.89. The molecule has 8 nitrogen and oxygen atoms in total. The fourth-order valence-electron chi connectivity index (χ4n) is 2.41. The number of hydrazone groups is 1. The summed E-state index contributed by atoms with van der Waals surface area (Å²) in [6.07, 6.45) is 5.05. The maximum absolute atomic E-state index is 11.9. The van der Waals surface area contributed by atoms with Gasteiger partial charge in [-0.05, 0) is 42.2 Å². The highest BCUT2D eigenvalue weighted by molar-refractivity contribution is 6.30. The monoisotopic (exact) mass is 347 g/mol. The first-order valence-corrected chi connectivity index (χ1v) is 8.19. The third kappa shape index (κ3) is 4.51. The predicted molar refractivity (Wildman–Crippen MR) is 91.1 cm³/mol. The molecule has 0 unspecified atom stereocenters. The Morgan fingerprint density at radius 1 is 1.25 bits per heavy atom. The first kappa shape index (κ1) is 16.4. The Morgan fingerprint density at radius 2 is 2.00 bits per heavy atom. The lowest BCUT2D eigenvalue weighted by molar-refractivity contribution is -0.122. The van der Waals surface area contributed by atoms with Crippen LogP contribution in [0, 0.1) is 0 Å². The Kier molecular flexibility index (Phi) is 5.37. The van der Waals surface area contributed by atoms with Crippen molar-refractivity contribution in [3.63, 3.8) is 0 Å². The van der Waals surface area contributed by atoms with E-state index < -0.39 is 0 Å². The molecule has 0 radical (unpaired) electrons. The van der Waals surface area contributed by atoms with Gasteiger partial charge in [0.15, 0.2) is 0 Å². The molecule has 1 saturated heterocycles. The van der Waals surface area contributed by atoms with Crippen LogP contribution in [0.2, 0.25) is 5.02 Å². The Balaban J connectivity index is 1.49. The molecule has 1 N–H and O–H groups in total. The topological polar surface area (TPSA) is 88.3 Å². The first-order valence-electron chi connectivity index (χ1n) is 7.81. The number of anilines is 1. The zero-order valence-corrected chi connectivity index (χ0v) is 13.9. The molecule has 24 heavy (non-hydrogen) atoms.